The van der Waals surface area contributed by atoms with Crippen molar-refractivity contribution < 1.29 is 9.21 Å². The fourth-order valence-electron chi connectivity index (χ4n) is 2.37. The quantitative estimate of drug-likeness (QED) is 0.854. The SMILES string of the molecule is CC1CCCN(C(=O)c2ccc(CN)o2)C1C. The Kier molecular flexibility index (Phi) is 3.52. The number of hydrogen-bond acceptors (Lipinski definition) is 3. The highest BCUT2D eigenvalue weighted by molar-refractivity contribution is 5.91. The van der Waals surface area contributed by atoms with E-state index in [-0.39, 0.29) is 11.9 Å². The molecule has 2 atom stereocenters. The molecule has 1 aromatic heterocycles. The molecule has 0 aliphatic carbocycles. The highest BCUT2D eigenvalue weighted by Gasteiger charge is 2.30. The van der Waals surface area contributed by atoms with Gasteiger partial charge in [-0.2, -0.15) is 0 Å². The van der Waals surface area contributed by atoms with Gasteiger partial charge in [0.1, 0.15) is 5.76 Å². The molecule has 0 radical (unpaired) electrons. The lowest BCUT2D eigenvalue weighted by molar-refractivity contribution is 0.0517. The van der Waals surface area contributed by atoms with Gasteiger partial charge in [0.25, 0.3) is 5.91 Å². The molecule has 0 bridgehead atoms. The van der Waals surface area contributed by atoms with Gasteiger partial charge in [0.15, 0.2) is 5.76 Å². The van der Waals surface area contributed by atoms with Crippen LogP contribution in [0, 0.1) is 5.92 Å². The summed E-state index contributed by atoms with van der Waals surface area (Å²) in [5.41, 5.74) is 5.47. The third-order valence-corrected chi connectivity index (χ3v) is 3.71. The Morgan fingerprint density at radius 2 is 2.29 bits per heavy atom. The van der Waals surface area contributed by atoms with Crippen molar-refractivity contribution in [2.45, 2.75) is 39.3 Å². The van der Waals surface area contributed by atoms with E-state index in [0.717, 1.165) is 13.0 Å². The number of amides is 1. The van der Waals surface area contributed by atoms with Gasteiger partial charge < -0.3 is 15.1 Å². The zero-order chi connectivity index (χ0) is 12.4. The van der Waals surface area contributed by atoms with Crippen LogP contribution in [0.5, 0.6) is 0 Å². The van der Waals surface area contributed by atoms with Gasteiger partial charge in [0.05, 0.1) is 6.54 Å². The number of carbonyl (C=O) groups is 1. The number of nitrogens with two attached hydrogens (primary N) is 1. The fourth-order valence-corrected chi connectivity index (χ4v) is 2.37. The minimum Gasteiger partial charge on any atom is -0.455 e. The zero-order valence-corrected chi connectivity index (χ0v) is 10.5. The van der Waals surface area contributed by atoms with E-state index in [1.165, 1.54) is 6.42 Å². The van der Waals surface area contributed by atoms with Gasteiger partial charge in [-0.05, 0) is 37.8 Å². The Labute approximate surface area is 102 Å². The first-order chi connectivity index (χ1) is 8.13. The molecule has 2 rings (SSSR count). The van der Waals surface area contributed by atoms with Gasteiger partial charge in [-0.1, -0.05) is 6.92 Å². The maximum atomic E-state index is 12.3. The molecule has 4 nitrogen and oxygen atoms in total. The van der Waals surface area contributed by atoms with Gasteiger partial charge in [-0.25, -0.2) is 0 Å². The number of hydrogen-bond donors (Lipinski definition) is 1. The molecule has 1 saturated heterocycles. The van der Waals surface area contributed by atoms with Crippen LogP contribution in [0.3, 0.4) is 0 Å². The molecule has 1 aromatic rings. The van der Waals surface area contributed by atoms with Crippen LogP contribution in [0.25, 0.3) is 0 Å². The van der Waals surface area contributed by atoms with Crippen LogP contribution in [-0.2, 0) is 6.54 Å². The van der Waals surface area contributed by atoms with Crippen molar-refractivity contribution >= 4 is 5.91 Å². The summed E-state index contributed by atoms with van der Waals surface area (Å²) in [5.74, 6) is 1.61. The second-order valence-electron chi connectivity index (χ2n) is 4.83. The lowest BCUT2D eigenvalue weighted by atomic mass is 9.92. The van der Waals surface area contributed by atoms with Crippen molar-refractivity contribution in [2.24, 2.45) is 11.7 Å². The summed E-state index contributed by atoms with van der Waals surface area (Å²) in [4.78, 5) is 14.2. The average molecular weight is 236 g/mol. The predicted molar refractivity (Wildman–Crippen MR) is 65.5 cm³/mol. The maximum Gasteiger partial charge on any atom is 0.289 e. The molecular weight excluding hydrogens is 216 g/mol. The summed E-state index contributed by atoms with van der Waals surface area (Å²) in [6.45, 7) is 5.45. The topological polar surface area (TPSA) is 59.5 Å². The number of carbonyl (C=O) groups excluding carboxylic acids is 1. The predicted octanol–water partition coefficient (Wildman–Crippen LogP) is 2.00. The highest BCUT2D eigenvalue weighted by Crippen LogP contribution is 2.24. The Bertz CT molecular complexity index is 400. The molecular formula is C13H20N2O2. The van der Waals surface area contributed by atoms with E-state index in [1.807, 2.05) is 4.90 Å². The molecule has 1 fully saturated rings. The third kappa shape index (κ3) is 2.36. The van der Waals surface area contributed by atoms with Crippen LogP contribution in [-0.4, -0.2) is 23.4 Å². The molecule has 0 aromatic carbocycles. The molecule has 1 aliphatic rings. The largest absolute Gasteiger partial charge is 0.455 e. The van der Waals surface area contributed by atoms with Crippen LogP contribution in [0.2, 0.25) is 0 Å². The summed E-state index contributed by atoms with van der Waals surface area (Å²) in [5, 5.41) is 0. The molecule has 4 heteroatoms. The highest BCUT2D eigenvalue weighted by atomic mass is 16.4. The Balaban J connectivity index is 2.13. The maximum absolute atomic E-state index is 12.3. The first kappa shape index (κ1) is 12.2. The number of likely N-dealkylation sites (tertiary alicyclic amines) is 1. The standard InChI is InChI=1S/C13H20N2O2/c1-9-4-3-7-15(10(9)2)13(16)12-6-5-11(8-14)17-12/h5-6,9-10H,3-4,7-8,14H2,1-2H3. The summed E-state index contributed by atoms with van der Waals surface area (Å²) in [7, 11) is 0. The molecule has 1 aliphatic heterocycles. The number of piperidine rings is 1. The third-order valence-electron chi connectivity index (χ3n) is 3.71. The molecule has 94 valence electrons. The van der Waals surface area contributed by atoms with Crippen molar-refractivity contribution in [2.75, 3.05) is 6.54 Å². The van der Waals surface area contributed by atoms with Gasteiger partial charge in [-0.3, -0.25) is 4.79 Å². The van der Waals surface area contributed by atoms with Crippen LogP contribution in [0.1, 0.15) is 43.0 Å². The first-order valence-electron chi connectivity index (χ1n) is 6.23. The van der Waals surface area contributed by atoms with E-state index in [4.69, 9.17) is 10.2 Å². The molecule has 0 spiro atoms. The van der Waals surface area contributed by atoms with Crippen LogP contribution in [0.4, 0.5) is 0 Å². The van der Waals surface area contributed by atoms with Crippen molar-refractivity contribution in [1.29, 1.82) is 0 Å². The first-order valence-corrected chi connectivity index (χ1v) is 6.23. The summed E-state index contributed by atoms with van der Waals surface area (Å²) in [6, 6.07) is 3.77. The molecule has 1 amide bonds. The van der Waals surface area contributed by atoms with Crippen molar-refractivity contribution in [3.63, 3.8) is 0 Å². The number of nitrogens with zero attached hydrogens (tertiary/aromatic N) is 1. The summed E-state index contributed by atoms with van der Waals surface area (Å²) < 4.78 is 5.42. The van der Waals surface area contributed by atoms with Crippen LogP contribution in [0.15, 0.2) is 16.5 Å². The minimum absolute atomic E-state index is 0.0104. The zero-order valence-electron chi connectivity index (χ0n) is 10.5. The molecule has 17 heavy (non-hydrogen) atoms. The van der Waals surface area contributed by atoms with E-state index >= 15 is 0 Å². The summed E-state index contributed by atoms with van der Waals surface area (Å²) in [6.07, 6.45) is 2.26. The van der Waals surface area contributed by atoms with Gasteiger partial charge in [0, 0.05) is 12.6 Å². The minimum atomic E-state index is -0.0104. The molecule has 2 N–H and O–H groups in total. The lowest BCUT2D eigenvalue weighted by Gasteiger charge is -2.37. The van der Waals surface area contributed by atoms with Crippen molar-refractivity contribution in [3.05, 3.63) is 23.7 Å². The van der Waals surface area contributed by atoms with Gasteiger partial charge in [-0.15, -0.1) is 0 Å². The smallest absolute Gasteiger partial charge is 0.289 e. The molecule has 0 saturated carbocycles. The lowest BCUT2D eigenvalue weighted by Crippen LogP contribution is -2.45. The van der Waals surface area contributed by atoms with Crippen molar-refractivity contribution in [1.82, 2.24) is 4.90 Å². The van der Waals surface area contributed by atoms with E-state index in [0.29, 0.717) is 24.0 Å². The monoisotopic (exact) mass is 236 g/mol. The van der Waals surface area contributed by atoms with Gasteiger partial charge in [0.2, 0.25) is 0 Å². The van der Waals surface area contributed by atoms with Crippen LogP contribution >= 0.6 is 0 Å². The Morgan fingerprint density at radius 3 is 2.94 bits per heavy atom. The fraction of sp³-hybridized carbons (Fsp3) is 0.615. The Morgan fingerprint density at radius 1 is 1.53 bits per heavy atom. The van der Waals surface area contributed by atoms with E-state index in [1.54, 1.807) is 12.1 Å². The summed E-state index contributed by atoms with van der Waals surface area (Å²) >= 11 is 0. The molecule has 2 heterocycles. The van der Waals surface area contributed by atoms with Gasteiger partial charge >= 0.3 is 0 Å². The second-order valence-corrected chi connectivity index (χ2v) is 4.83. The van der Waals surface area contributed by atoms with E-state index in [9.17, 15) is 4.79 Å². The van der Waals surface area contributed by atoms with Crippen molar-refractivity contribution in [3.8, 4) is 0 Å². The van der Waals surface area contributed by atoms with E-state index < -0.39 is 0 Å². The van der Waals surface area contributed by atoms with E-state index in [2.05, 4.69) is 13.8 Å². The Hall–Kier alpha value is -1.29. The normalized spacial score (nSPS) is 25.0. The molecule has 2 unspecified atom stereocenters. The average Bonchev–Trinajstić information content (AvgIpc) is 2.80. The second kappa shape index (κ2) is 4.92. The number of rotatable bonds is 2. The van der Waals surface area contributed by atoms with Crippen LogP contribution < -0.4 is 5.73 Å². The number of furan rings is 1.